The fourth-order valence-electron chi connectivity index (χ4n) is 3.99. The van der Waals surface area contributed by atoms with Crippen molar-refractivity contribution >= 4 is 11.9 Å². The van der Waals surface area contributed by atoms with Crippen molar-refractivity contribution in [1.82, 2.24) is 9.55 Å². The van der Waals surface area contributed by atoms with Gasteiger partial charge in [0.25, 0.3) is 5.56 Å². The number of allylic oxidation sites excluding steroid dienone is 1. The molecule has 8 nitrogen and oxygen atoms in total. The maximum absolute atomic E-state index is 12.2. The summed E-state index contributed by atoms with van der Waals surface area (Å²) in [5.74, 6) is -0.0398. The molecule has 0 saturated carbocycles. The Hall–Kier alpha value is -2.03. The quantitative estimate of drug-likeness (QED) is 0.313. The van der Waals surface area contributed by atoms with Gasteiger partial charge in [-0.3, -0.25) is 19.1 Å². The third-order valence-corrected chi connectivity index (χ3v) is 5.94. The van der Waals surface area contributed by atoms with Gasteiger partial charge in [-0.1, -0.05) is 58.3 Å². The van der Waals surface area contributed by atoms with Crippen molar-refractivity contribution in [1.29, 1.82) is 0 Å². The molecule has 32 heavy (non-hydrogen) atoms. The molecule has 1 saturated heterocycles. The lowest BCUT2D eigenvalue weighted by molar-refractivity contribution is -0.114. The van der Waals surface area contributed by atoms with E-state index in [9.17, 15) is 19.5 Å². The van der Waals surface area contributed by atoms with E-state index in [4.69, 9.17) is 9.47 Å². The normalized spacial score (nSPS) is 20.9. The topological polar surface area (TPSA) is 111 Å². The van der Waals surface area contributed by atoms with Crippen molar-refractivity contribution in [2.24, 2.45) is 0 Å². The van der Waals surface area contributed by atoms with Crippen molar-refractivity contribution in [3.8, 4) is 0 Å². The number of aliphatic hydroxyl groups excluding tert-OH is 1. The Morgan fingerprint density at radius 3 is 2.44 bits per heavy atom. The Balaban J connectivity index is 1.84. The number of rotatable bonds is 15. The smallest absolute Gasteiger partial charge is 0.330 e. The number of hydrogen-bond donors (Lipinski definition) is 2. The lowest BCUT2D eigenvalue weighted by atomic mass is 10.1. The fraction of sp³-hybridized carbons (Fsp3) is 0.708. The van der Waals surface area contributed by atoms with Crippen LogP contribution in [0.25, 0.3) is 6.08 Å². The average molecular weight is 451 g/mol. The van der Waals surface area contributed by atoms with Crippen LogP contribution in [0.15, 0.2) is 21.9 Å². The first kappa shape index (κ1) is 26.2. The number of carbonyl (C=O) groups excluding carboxylic acids is 1. The highest BCUT2D eigenvalue weighted by Gasteiger charge is 2.36. The van der Waals surface area contributed by atoms with Crippen molar-refractivity contribution in [2.45, 2.75) is 96.0 Å². The highest BCUT2D eigenvalue weighted by Crippen LogP contribution is 2.29. The molecule has 0 aliphatic carbocycles. The number of H-pyrrole nitrogens is 1. The van der Waals surface area contributed by atoms with Crippen molar-refractivity contribution in [3.63, 3.8) is 0 Å². The number of aromatic nitrogens is 2. The minimum Gasteiger partial charge on any atom is -0.394 e. The lowest BCUT2D eigenvalue weighted by Crippen LogP contribution is -2.33. The van der Waals surface area contributed by atoms with E-state index < -0.39 is 23.6 Å². The Bertz CT molecular complexity index is 832. The molecule has 0 amide bonds. The summed E-state index contributed by atoms with van der Waals surface area (Å²) < 4.78 is 12.3. The molecule has 0 radical (unpaired) electrons. The Morgan fingerprint density at radius 2 is 1.84 bits per heavy atom. The summed E-state index contributed by atoms with van der Waals surface area (Å²) in [5, 5.41) is 9.41. The van der Waals surface area contributed by atoms with Crippen molar-refractivity contribution in [3.05, 3.63) is 38.7 Å². The molecule has 2 rings (SSSR count). The van der Waals surface area contributed by atoms with E-state index in [0.29, 0.717) is 12.8 Å². The molecule has 1 aromatic heterocycles. The number of unbranched alkanes of at least 4 members (excludes halogenated alkanes) is 8. The first-order valence-electron chi connectivity index (χ1n) is 11.9. The summed E-state index contributed by atoms with van der Waals surface area (Å²) in [5.41, 5.74) is -0.958. The average Bonchev–Trinajstić information content (AvgIpc) is 3.20. The Kier molecular flexibility index (Phi) is 11.6. The van der Waals surface area contributed by atoms with Crippen molar-refractivity contribution < 1.29 is 19.4 Å². The third kappa shape index (κ3) is 8.15. The van der Waals surface area contributed by atoms with Gasteiger partial charge in [0.05, 0.1) is 18.3 Å². The molecule has 0 spiro atoms. The minimum absolute atomic E-state index is 0.0398. The number of nitrogens with zero attached hydrogens (tertiary/aromatic N) is 1. The summed E-state index contributed by atoms with van der Waals surface area (Å²) in [4.78, 5) is 38.8. The van der Waals surface area contributed by atoms with Crippen LogP contribution in [0, 0.1) is 0 Å². The monoisotopic (exact) mass is 450 g/mol. The molecule has 1 aliphatic rings. The van der Waals surface area contributed by atoms with Gasteiger partial charge in [-0.05, 0) is 18.6 Å². The van der Waals surface area contributed by atoms with E-state index in [0.717, 1.165) is 19.3 Å². The Morgan fingerprint density at radius 1 is 1.19 bits per heavy atom. The van der Waals surface area contributed by atoms with E-state index in [1.807, 2.05) is 0 Å². The zero-order chi connectivity index (χ0) is 23.3. The predicted octanol–water partition coefficient (Wildman–Crippen LogP) is 3.33. The number of carbonyl (C=O) groups is 1. The zero-order valence-corrected chi connectivity index (χ0v) is 19.4. The van der Waals surface area contributed by atoms with Gasteiger partial charge < -0.3 is 14.6 Å². The molecule has 8 heteroatoms. The van der Waals surface area contributed by atoms with Gasteiger partial charge in [0.15, 0.2) is 5.78 Å². The number of ether oxygens (including phenoxy) is 2. The number of ketones is 1. The third-order valence-electron chi connectivity index (χ3n) is 5.94. The number of aliphatic hydroxyl groups is 1. The molecular weight excluding hydrogens is 412 g/mol. The molecular formula is C24H38N2O6. The van der Waals surface area contributed by atoms with E-state index >= 15 is 0 Å². The maximum Gasteiger partial charge on any atom is 0.330 e. The molecule has 0 bridgehead atoms. The number of methoxy groups -OCH3 is 1. The predicted molar refractivity (Wildman–Crippen MR) is 124 cm³/mol. The summed E-state index contributed by atoms with van der Waals surface area (Å²) in [6.45, 7) is 1.99. The molecule has 1 fully saturated rings. The van der Waals surface area contributed by atoms with Gasteiger partial charge in [0, 0.05) is 26.1 Å². The van der Waals surface area contributed by atoms with Crippen LogP contribution in [-0.4, -0.2) is 46.4 Å². The molecule has 180 valence electrons. The van der Waals surface area contributed by atoms with Crippen LogP contribution in [0.4, 0.5) is 0 Å². The van der Waals surface area contributed by atoms with Gasteiger partial charge in [-0.15, -0.1) is 0 Å². The number of aromatic amines is 1. The summed E-state index contributed by atoms with van der Waals surface area (Å²) in [6, 6.07) is 0. The summed E-state index contributed by atoms with van der Waals surface area (Å²) in [6.07, 6.45) is 14.2. The van der Waals surface area contributed by atoms with Crippen LogP contribution < -0.4 is 11.2 Å². The van der Waals surface area contributed by atoms with E-state index in [1.54, 1.807) is 0 Å². The van der Waals surface area contributed by atoms with Gasteiger partial charge in [0.2, 0.25) is 0 Å². The van der Waals surface area contributed by atoms with Crippen LogP contribution in [-0.2, 0) is 14.3 Å². The van der Waals surface area contributed by atoms with Crippen LogP contribution in [0.1, 0.15) is 89.3 Å². The second-order valence-electron chi connectivity index (χ2n) is 8.45. The SMILES string of the molecule is CCCCCCCCCCCC(=O)C=Cc1cn(C2CC(OC)C(CO)O2)c(=O)[nH]c1=O. The second-order valence-corrected chi connectivity index (χ2v) is 8.45. The van der Waals surface area contributed by atoms with Gasteiger partial charge >= 0.3 is 5.69 Å². The molecule has 2 heterocycles. The fourth-order valence-corrected chi connectivity index (χ4v) is 3.99. The highest BCUT2D eigenvalue weighted by atomic mass is 16.6. The largest absolute Gasteiger partial charge is 0.394 e. The van der Waals surface area contributed by atoms with Gasteiger partial charge in [-0.25, -0.2) is 4.79 Å². The number of nitrogens with one attached hydrogen (secondary N) is 1. The summed E-state index contributed by atoms with van der Waals surface area (Å²) >= 11 is 0. The lowest BCUT2D eigenvalue weighted by Gasteiger charge is -2.15. The minimum atomic E-state index is -0.661. The highest BCUT2D eigenvalue weighted by molar-refractivity contribution is 5.93. The standard InChI is InChI=1S/C24H38N2O6/c1-3-4-5-6-7-8-9-10-11-12-19(28)14-13-18-16-26(24(30)25-23(18)29)22-15-20(31-2)21(17-27)32-22/h13-14,16,20-22,27H,3-12,15,17H2,1-2H3,(H,25,29,30). The van der Waals surface area contributed by atoms with Crippen LogP contribution in [0.5, 0.6) is 0 Å². The maximum atomic E-state index is 12.2. The first-order chi connectivity index (χ1) is 15.5. The molecule has 0 aromatic carbocycles. The van der Waals surface area contributed by atoms with E-state index in [-0.39, 0.29) is 24.1 Å². The Labute approximate surface area is 189 Å². The van der Waals surface area contributed by atoms with Gasteiger partial charge in [0.1, 0.15) is 12.3 Å². The van der Waals surface area contributed by atoms with Crippen LogP contribution >= 0.6 is 0 Å². The molecule has 1 aromatic rings. The molecule has 3 atom stereocenters. The van der Waals surface area contributed by atoms with Crippen LogP contribution in [0.3, 0.4) is 0 Å². The molecule has 1 aliphatic heterocycles. The summed E-state index contributed by atoms with van der Waals surface area (Å²) in [7, 11) is 1.52. The second kappa shape index (κ2) is 14.2. The van der Waals surface area contributed by atoms with Crippen LogP contribution in [0.2, 0.25) is 0 Å². The zero-order valence-electron chi connectivity index (χ0n) is 19.4. The van der Waals surface area contributed by atoms with Crippen molar-refractivity contribution in [2.75, 3.05) is 13.7 Å². The van der Waals surface area contributed by atoms with Gasteiger partial charge in [-0.2, -0.15) is 0 Å². The van der Waals surface area contributed by atoms with E-state index in [2.05, 4.69) is 11.9 Å². The van der Waals surface area contributed by atoms with E-state index in [1.165, 1.54) is 68.6 Å². The molecule has 2 N–H and O–H groups in total. The number of hydrogen-bond acceptors (Lipinski definition) is 6. The molecule has 3 unspecified atom stereocenters. The first-order valence-corrected chi connectivity index (χ1v) is 11.9.